The molecule has 0 unspecified atom stereocenters. The smallest absolute Gasteiger partial charge is 0.128 e. The summed E-state index contributed by atoms with van der Waals surface area (Å²) in [4.78, 5) is 0. The van der Waals surface area contributed by atoms with Crippen LogP contribution in [0.15, 0.2) is 30.5 Å². The van der Waals surface area contributed by atoms with Gasteiger partial charge in [0.1, 0.15) is 5.75 Å². The van der Waals surface area contributed by atoms with E-state index >= 15 is 0 Å². The average Bonchev–Trinajstić information content (AvgIpc) is 2.71. The highest BCUT2D eigenvalue weighted by Gasteiger charge is 2.13. The van der Waals surface area contributed by atoms with Crippen molar-refractivity contribution in [1.82, 2.24) is 9.78 Å². The summed E-state index contributed by atoms with van der Waals surface area (Å²) >= 11 is 0. The summed E-state index contributed by atoms with van der Waals surface area (Å²) in [5, 5.41) is 4.35. The highest BCUT2D eigenvalue weighted by Crippen LogP contribution is 2.32. The fraction of sp³-hybridized carbons (Fsp3) is 0.357. The van der Waals surface area contributed by atoms with Gasteiger partial charge in [0.2, 0.25) is 0 Å². The molecule has 0 saturated carbocycles. The number of ether oxygens (including phenoxy) is 1. The van der Waals surface area contributed by atoms with Crippen LogP contribution >= 0.6 is 0 Å². The van der Waals surface area contributed by atoms with Gasteiger partial charge < -0.3 is 4.74 Å². The molecule has 1 aromatic carbocycles. The van der Waals surface area contributed by atoms with Crippen LogP contribution in [0.5, 0.6) is 5.75 Å². The number of rotatable bonds is 4. The number of para-hydroxylation sites is 1. The Morgan fingerprint density at radius 1 is 1.29 bits per heavy atom. The van der Waals surface area contributed by atoms with Gasteiger partial charge in [-0.15, -0.1) is 0 Å². The van der Waals surface area contributed by atoms with Crippen LogP contribution < -0.4 is 4.74 Å². The molecule has 0 aliphatic heterocycles. The summed E-state index contributed by atoms with van der Waals surface area (Å²) in [6.45, 7) is 2.18. The standard InChI is InChI=1S/C14H18N2O/c1-4-7-11-10-15-16(2)14(11)12-8-5-6-9-13(12)17-3/h5-6,8-10H,4,7H2,1-3H3. The lowest BCUT2D eigenvalue weighted by atomic mass is 10.0. The van der Waals surface area contributed by atoms with E-state index in [0.29, 0.717) is 0 Å². The van der Waals surface area contributed by atoms with Crippen LogP contribution in [0.3, 0.4) is 0 Å². The van der Waals surface area contributed by atoms with Crippen molar-refractivity contribution in [2.24, 2.45) is 7.05 Å². The van der Waals surface area contributed by atoms with E-state index in [0.717, 1.165) is 29.8 Å². The molecular weight excluding hydrogens is 212 g/mol. The number of hydrogen-bond donors (Lipinski definition) is 0. The molecule has 17 heavy (non-hydrogen) atoms. The first kappa shape index (κ1) is 11.7. The van der Waals surface area contributed by atoms with Crippen molar-refractivity contribution in [2.45, 2.75) is 19.8 Å². The predicted molar refractivity (Wildman–Crippen MR) is 69.2 cm³/mol. The van der Waals surface area contributed by atoms with E-state index < -0.39 is 0 Å². The number of hydrogen-bond acceptors (Lipinski definition) is 2. The van der Waals surface area contributed by atoms with Gasteiger partial charge in [-0.2, -0.15) is 5.10 Å². The summed E-state index contributed by atoms with van der Waals surface area (Å²) in [6, 6.07) is 8.08. The van der Waals surface area contributed by atoms with Gasteiger partial charge in [-0.05, 0) is 24.1 Å². The first-order chi connectivity index (χ1) is 8.27. The zero-order valence-electron chi connectivity index (χ0n) is 10.6. The zero-order chi connectivity index (χ0) is 12.3. The molecule has 3 heteroatoms. The summed E-state index contributed by atoms with van der Waals surface area (Å²) in [5.74, 6) is 0.897. The molecule has 2 rings (SSSR count). The zero-order valence-corrected chi connectivity index (χ0v) is 10.6. The lowest BCUT2D eigenvalue weighted by Crippen LogP contribution is -1.98. The molecule has 1 heterocycles. The fourth-order valence-electron chi connectivity index (χ4n) is 2.12. The Morgan fingerprint density at radius 3 is 2.76 bits per heavy atom. The molecule has 3 nitrogen and oxygen atoms in total. The Hall–Kier alpha value is -1.77. The predicted octanol–water partition coefficient (Wildman–Crippen LogP) is 3.05. The molecule has 0 radical (unpaired) electrons. The minimum absolute atomic E-state index is 0.897. The third-order valence-electron chi connectivity index (χ3n) is 2.90. The molecule has 90 valence electrons. The van der Waals surface area contributed by atoms with Gasteiger partial charge in [0.25, 0.3) is 0 Å². The quantitative estimate of drug-likeness (QED) is 0.807. The number of nitrogens with zero attached hydrogens (tertiary/aromatic N) is 2. The highest BCUT2D eigenvalue weighted by atomic mass is 16.5. The first-order valence-electron chi connectivity index (χ1n) is 5.92. The normalized spacial score (nSPS) is 10.5. The van der Waals surface area contributed by atoms with Crippen LogP contribution in [-0.2, 0) is 13.5 Å². The molecule has 0 aliphatic rings. The lowest BCUT2D eigenvalue weighted by Gasteiger charge is -2.10. The number of aryl methyl sites for hydroxylation is 2. The number of methoxy groups -OCH3 is 1. The van der Waals surface area contributed by atoms with Gasteiger partial charge in [0.05, 0.1) is 19.0 Å². The second-order valence-electron chi connectivity index (χ2n) is 4.09. The largest absolute Gasteiger partial charge is 0.496 e. The van der Waals surface area contributed by atoms with Crippen molar-refractivity contribution in [3.63, 3.8) is 0 Å². The molecule has 0 bridgehead atoms. The molecule has 0 atom stereocenters. The van der Waals surface area contributed by atoms with Crippen molar-refractivity contribution in [3.05, 3.63) is 36.0 Å². The molecule has 2 aromatic rings. The van der Waals surface area contributed by atoms with Crippen LogP contribution in [0.2, 0.25) is 0 Å². The van der Waals surface area contributed by atoms with E-state index in [1.165, 1.54) is 5.56 Å². The summed E-state index contributed by atoms with van der Waals surface area (Å²) in [6.07, 6.45) is 4.11. The SMILES string of the molecule is CCCc1cnn(C)c1-c1ccccc1OC. The van der Waals surface area contributed by atoms with Crippen LogP contribution in [0, 0.1) is 0 Å². The molecule has 0 N–H and O–H groups in total. The molecular formula is C14H18N2O. The second kappa shape index (κ2) is 5.04. The minimum Gasteiger partial charge on any atom is -0.496 e. The molecule has 0 aliphatic carbocycles. The van der Waals surface area contributed by atoms with Crippen molar-refractivity contribution in [2.75, 3.05) is 7.11 Å². The lowest BCUT2D eigenvalue weighted by molar-refractivity contribution is 0.416. The molecule has 0 amide bonds. The minimum atomic E-state index is 0.897. The van der Waals surface area contributed by atoms with Gasteiger partial charge in [-0.1, -0.05) is 25.5 Å². The van der Waals surface area contributed by atoms with Crippen molar-refractivity contribution in [3.8, 4) is 17.0 Å². The van der Waals surface area contributed by atoms with E-state index in [-0.39, 0.29) is 0 Å². The van der Waals surface area contributed by atoms with Gasteiger partial charge in [-0.25, -0.2) is 0 Å². The Balaban J connectivity index is 2.55. The van der Waals surface area contributed by atoms with E-state index in [1.807, 2.05) is 36.1 Å². The average molecular weight is 230 g/mol. The maximum absolute atomic E-state index is 5.42. The van der Waals surface area contributed by atoms with Crippen molar-refractivity contribution < 1.29 is 4.74 Å². The van der Waals surface area contributed by atoms with Crippen LogP contribution in [0.25, 0.3) is 11.3 Å². The first-order valence-corrected chi connectivity index (χ1v) is 5.92. The molecule has 0 saturated heterocycles. The van der Waals surface area contributed by atoms with Crippen LogP contribution in [0.1, 0.15) is 18.9 Å². The van der Waals surface area contributed by atoms with Crippen LogP contribution in [-0.4, -0.2) is 16.9 Å². The molecule has 1 aromatic heterocycles. The maximum Gasteiger partial charge on any atom is 0.128 e. The highest BCUT2D eigenvalue weighted by molar-refractivity contribution is 5.70. The third-order valence-corrected chi connectivity index (χ3v) is 2.90. The monoisotopic (exact) mass is 230 g/mol. The van der Waals surface area contributed by atoms with E-state index in [2.05, 4.69) is 18.1 Å². The second-order valence-corrected chi connectivity index (χ2v) is 4.09. The topological polar surface area (TPSA) is 27.1 Å². The Kier molecular flexibility index (Phi) is 3.47. The van der Waals surface area contributed by atoms with E-state index in [9.17, 15) is 0 Å². The van der Waals surface area contributed by atoms with Gasteiger partial charge >= 0.3 is 0 Å². The van der Waals surface area contributed by atoms with Gasteiger partial charge in [0, 0.05) is 12.6 Å². The van der Waals surface area contributed by atoms with Crippen molar-refractivity contribution in [1.29, 1.82) is 0 Å². The van der Waals surface area contributed by atoms with Crippen LogP contribution in [0.4, 0.5) is 0 Å². The third kappa shape index (κ3) is 2.18. The summed E-state index contributed by atoms with van der Waals surface area (Å²) < 4.78 is 7.34. The van der Waals surface area contributed by atoms with E-state index in [1.54, 1.807) is 7.11 Å². The number of benzene rings is 1. The van der Waals surface area contributed by atoms with Gasteiger partial charge in [0.15, 0.2) is 0 Å². The Morgan fingerprint density at radius 2 is 2.06 bits per heavy atom. The molecule has 0 spiro atoms. The Labute approximate surface area is 102 Å². The molecule has 0 fully saturated rings. The fourth-order valence-corrected chi connectivity index (χ4v) is 2.12. The Bertz CT molecular complexity index is 503. The summed E-state index contributed by atoms with van der Waals surface area (Å²) in [5.41, 5.74) is 3.54. The number of aromatic nitrogens is 2. The van der Waals surface area contributed by atoms with E-state index in [4.69, 9.17) is 4.74 Å². The van der Waals surface area contributed by atoms with Gasteiger partial charge in [-0.3, -0.25) is 4.68 Å². The summed E-state index contributed by atoms with van der Waals surface area (Å²) in [7, 11) is 3.68. The maximum atomic E-state index is 5.42. The van der Waals surface area contributed by atoms with Crippen molar-refractivity contribution >= 4 is 0 Å².